The van der Waals surface area contributed by atoms with Crippen molar-refractivity contribution in [3.63, 3.8) is 0 Å². The van der Waals surface area contributed by atoms with Crippen molar-refractivity contribution in [3.8, 4) is 5.75 Å². The van der Waals surface area contributed by atoms with E-state index >= 15 is 0 Å². The zero-order valence-electron chi connectivity index (χ0n) is 14.2. The van der Waals surface area contributed by atoms with Crippen molar-refractivity contribution < 1.29 is 9.66 Å². The van der Waals surface area contributed by atoms with E-state index in [0.717, 1.165) is 23.4 Å². The molecule has 2 aromatic rings. The second-order valence-electron chi connectivity index (χ2n) is 6.70. The van der Waals surface area contributed by atoms with Gasteiger partial charge in [0.25, 0.3) is 5.69 Å². The summed E-state index contributed by atoms with van der Waals surface area (Å²) >= 11 is 0. The van der Waals surface area contributed by atoms with E-state index in [4.69, 9.17) is 4.74 Å². The first-order valence-electron chi connectivity index (χ1n) is 8.45. The Balaban J connectivity index is 1.79. The number of benzene rings is 2. The van der Waals surface area contributed by atoms with Crippen LogP contribution in [-0.2, 0) is 0 Å². The molecule has 0 aromatic heterocycles. The number of nitro groups is 1. The maximum Gasteiger partial charge on any atom is 0.269 e. The highest BCUT2D eigenvalue weighted by atomic mass is 16.6. The molecule has 0 unspecified atom stereocenters. The van der Waals surface area contributed by atoms with Crippen LogP contribution in [0.15, 0.2) is 48.6 Å². The van der Waals surface area contributed by atoms with Crippen LogP contribution in [-0.4, -0.2) is 12.0 Å². The van der Waals surface area contributed by atoms with E-state index in [1.165, 1.54) is 11.1 Å². The second-order valence-corrected chi connectivity index (χ2v) is 6.70. The van der Waals surface area contributed by atoms with E-state index < -0.39 is 0 Å². The Hall–Kier alpha value is -2.82. The Morgan fingerprint density at radius 2 is 1.96 bits per heavy atom. The largest absolute Gasteiger partial charge is 0.495 e. The molecule has 4 rings (SSSR count). The van der Waals surface area contributed by atoms with Gasteiger partial charge in [-0.1, -0.05) is 30.4 Å². The minimum Gasteiger partial charge on any atom is -0.495 e. The van der Waals surface area contributed by atoms with E-state index in [0.29, 0.717) is 11.8 Å². The van der Waals surface area contributed by atoms with Crippen molar-refractivity contribution in [1.29, 1.82) is 0 Å². The summed E-state index contributed by atoms with van der Waals surface area (Å²) in [6.45, 7) is 2.13. The normalized spacial score (nSPS) is 23.5. The molecule has 25 heavy (non-hydrogen) atoms. The molecule has 1 aliphatic carbocycles. The summed E-state index contributed by atoms with van der Waals surface area (Å²) < 4.78 is 5.57. The summed E-state index contributed by atoms with van der Waals surface area (Å²) in [5.41, 5.74) is 4.79. The van der Waals surface area contributed by atoms with Crippen molar-refractivity contribution in [2.75, 3.05) is 12.4 Å². The Morgan fingerprint density at radius 1 is 1.20 bits per heavy atom. The minimum atomic E-state index is -0.361. The Kier molecular flexibility index (Phi) is 3.71. The molecule has 0 radical (unpaired) electrons. The van der Waals surface area contributed by atoms with Gasteiger partial charge in [-0.15, -0.1) is 0 Å². The van der Waals surface area contributed by atoms with Crippen LogP contribution < -0.4 is 10.1 Å². The lowest BCUT2D eigenvalue weighted by molar-refractivity contribution is -0.384. The van der Waals surface area contributed by atoms with Gasteiger partial charge in [-0.3, -0.25) is 10.1 Å². The van der Waals surface area contributed by atoms with Crippen molar-refractivity contribution >= 4 is 11.4 Å². The van der Waals surface area contributed by atoms with E-state index in [1.807, 2.05) is 18.2 Å². The fourth-order valence-electron chi connectivity index (χ4n) is 4.17. The molecule has 0 amide bonds. The average Bonchev–Trinajstić information content (AvgIpc) is 3.11. The maximum atomic E-state index is 10.9. The molecule has 128 valence electrons. The molecule has 1 aliphatic heterocycles. The summed E-state index contributed by atoms with van der Waals surface area (Å²) in [6, 6.07) is 11.1. The van der Waals surface area contributed by atoms with Gasteiger partial charge in [-0.2, -0.15) is 0 Å². The number of hydrogen-bond donors (Lipinski definition) is 1. The van der Waals surface area contributed by atoms with E-state index in [-0.39, 0.29) is 16.7 Å². The van der Waals surface area contributed by atoms with E-state index in [2.05, 4.69) is 30.5 Å². The fraction of sp³-hybridized carbons (Fsp3) is 0.300. The molecule has 1 N–H and O–H groups in total. The second kappa shape index (κ2) is 5.92. The topological polar surface area (TPSA) is 64.4 Å². The third-order valence-corrected chi connectivity index (χ3v) is 5.38. The summed E-state index contributed by atoms with van der Waals surface area (Å²) in [6.07, 6.45) is 5.52. The van der Waals surface area contributed by atoms with Crippen LogP contribution in [0.3, 0.4) is 0 Å². The van der Waals surface area contributed by atoms with Crippen LogP contribution in [0, 0.1) is 23.0 Å². The lowest BCUT2D eigenvalue weighted by Crippen LogP contribution is -2.30. The van der Waals surface area contributed by atoms with Gasteiger partial charge in [0.2, 0.25) is 0 Å². The molecule has 1 heterocycles. The highest BCUT2D eigenvalue weighted by Gasteiger charge is 2.39. The molecule has 2 aliphatic rings. The molecule has 0 saturated carbocycles. The number of non-ortho nitro benzene ring substituents is 1. The number of rotatable bonds is 3. The predicted octanol–water partition coefficient (Wildman–Crippen LogP) is 4.74. The van der Waals surface area contributed by atoms with Crippen LogP contribution in [0.2, 0.25) is 0 Å². The first-order chi connectivity index (χ1) is 12.1. The molecule has 5 nitrogen and oxygen atoms in total. The fourth-order valence-corrected chi connectivity index (χ4v) is 4.17. The maximum absolute atomic E-state index is 10.9. The van der Waals surface area contributed by atoms with Crippen molar-refractivity contribution in [2.45, 2.75) is 25.3 Å². The predicted molar refractivity (Wildman–Crippen MR) is 97.2 cm³/mol. The monoisotopic (exact) mass is 336 g/mol. The van der Waals surface area contributed by atoms with Crippen molar-refractivity contribution in [1.82, 2.24) is 0 Å². The molecule has 5 heteroatoms. The molecular formula is C20H20N2O3. The number of fused-ring (bicyclic) bond motifs is 3. The first-order valence-corrected chi connectivity index (χ1v) is 8.45. The Morgan fingerprint density at radius 3 is 2.64 bits per heavy atom. The van der Waals surface area contributed by atoms with Crippen LogP contribution >= 0.6 is 0 Å². The van der Waals surface area contributed by atoms with E-state index in [1.54, 1.807) is 19.2 Å². The van der Waals surface area contributed by atoms with Gasteiger partial charge in [-0.25, -0.2) is 0 Å². The summed E-state index contributed by atoms with van der Waals surface area (Å²) in [5, 5.41) is 14.6. The summed E-state index contributed by atoms with van der Waals surface area (Å²) in [7, 11) is 1.68. The lowest BCUT2D eigenvalue weighted by atomic mass is 9.75. The standard InChI is InChI=1S/C20H20N2O3/c1-12-6-11-17(25-2)20-18(12)15-4-3-5-16(15)19(21-20)13-7-9-14(10-8-13)22(23)24/h3-4,6-11,15-16,19,21H,5H2,1-2H3/t15-,16-,19+/m1/s1. The molecule has 0 saturated heterocycles. The lowest BCUT2D eigenvalue weighted by Gasteiger charge is -2.39. The molecule has 3 atom stereocenters. The number of ether oxygens (including phenoxy) is 1. The van der Waals surface area contributed by atoms with E-state index in [9.17, 15) is 10.1 Å². The van der Waals surface area contributed by atoms with Gasteiger partial charge >= 0.3 is 0 Å². The molecule has 0 fully saturated rings. The van der Waals surface area contributed by atoms with Gasteiger partial charge in [-0.05, 0) is 42.0 Å². The zero-order chi connectivity index (χ0) is 17.6. The highest BCUT2D eigenvalue weighted by Crippen LogP contribution is 2.53. The third kappa shape index (κ3) is 2.47. The third-order valence-electron chi connectivity index (χ3n) is 5.38. The minimum absolute atomic E-state index is 0.101. The van der Waals surface area contributed by atoms with Crippen molar-refractivity contribution in [2.24, 2.45) is 5.92 Å². The van der Waals surface area contributed by atoms with Gasteiger partial charge < -0.3 is 10.1 Å². The SMILES string of the molecule is COc1ccc(C)c2c1N[C@@H](c1ccc([N+](=O)[O-])cc1)[C@@H]1CC=C[C@@H]21. The first kappa shape index (κ1) is 15.7. The number of aryl methyl sites for hydroxylation is 1. The number of nitrogens with one attached hydrogen (secondary N) is 1. The number of nitro benzene ring substituents is 1. The quantitative estimate of drug-likeness (QED) is 0.499. The number of anilines is 1. The van der Waals surface area contributed by atoms with Crippen molar-refractivity contribution in [3.05, 3.63) is 75.4 Å². The molecule has 2 aromatic carbocycles. The number of allylic oxidation sites excluding steroid dienone is 2. The number of methoxy groups -OCH3 is 1. The van der Waals surface area contributed by atoms with Gasteiger partial charge in [0.05, 0.1) is 23.8 Å². The van der Waals surface area contributed by atoms with Gasteiger partial charge in [0.1, 0.15) is 5.75 Å². The number of hydrogen-bond acceptors (Lipinski definition) is 4. The van der Waals surface area contributed by atoms with Crippen LogP contribution in [0.1, 0.15) is 35.1 Å². The Labute approximate surface area is 146 Å². The smallest absolute Gasteiger partial charge is 0.269 e. The zero-order valence-corrected chi connectivity index (χ0v) is 14.2. The summed E-state index contributed by atoms with van der Waals surface area (Å²) in [5.74, 6) is 1.58. The Bertz CT molecular complexity index is 858. The highest BCUT2D eigenvalue weighted by molar-refractivity contribution is 5.69. The molecule has 0 spiro atoms. The van der Waals surface area contributed by atoms with Gasteiger partial charge in [0, 0.05) is 18.1 Å². The van der Waals surface area contributed by atoms with Crippen LogP contribution in [0.25, 0.3) is 0 Å². The summed E-state index contributed by atoms with van der Waals surface area (Å²) in [4.78, 5) is 10.6. The number of nitrogens with zero attached hydrogens (tertiary/aromatic N) is 1. The molecule has 0 bridgehead atoms. The van der Waals surface area contributed by atoms with Crippen LogP contribution in [0.5, 0.6) is 5.75 Å². The molecular weight excluding hydrogens is 316 g/mol. The van der Waals surface area contributed by atoms with Gasteiger partial charge in [0.15, 0.2) is 0 Å². The average molecular weight is 336 g/mol. The van der Waals surface area contributed by atoms with Crippen LogP contribution in [0.4, 0.5) is 11.4 Å².